The highest BCUT2D eigenvalue weighted by Crippen LogP contribution is 2.19. The van der Waals surface area contributed by atoms with Crippen LogP contribution in [0.1, 0.15) is 28.4 Å². The summed E-state index contributed by atoms with van der Waals surface area (Å²) in [5.74, 6) is 0.314. The molecule has 0 radical (unpaired) electrons. The fourth-order valence-corrected chi connectivity index (χ4v) is 3.44. The molecule has 0 spiro atoms. The number of carbonyl (C=O) groups excluding carboxylic acids is 2. The number of imidazole rings is 1. The maximum absolute atomic E-state index is 12.5. The molecule has 1 amide bonds. The largest absolute Gasteiger partial charge is 0.352 e. The standard InChI is InChI=1S/C21H21N3O2S/c1-16(25)23-13-17-7-9-19(10-8-17)20(26)15-27-21-22-11-12-24(21)14-18-5-3-2-4-6-18/h2-12H,13-15H2,1H3,(H,23,25). The molecule has 5 nitrogen and oxygen atoms in total. The molecule has 0 aliphatic rings. The minimum Gasteiger partial charge on any atom is -0.352 e. The van der Waals surface area contributed by atoms with Crippen molar-refractivity contribution in [3.05, 3.63) is 83.7 Å². The summed E-state index contributed by atoms with van der Waals surface area (Å²) >= 11 is 1.44. The van der Waals surface area contributed by atoms with E-state index in [2.05, 4.69) is 22.4 Å². The van der Waals surface area contributed by atoms with Crippen molar-refractivity contribution in [3.63, 3.8) is 0 Å². The highest BCUT2D eigenvalue weighted by atomic mass is 32.2. The molecule has 0 unspecified atom stereocenters. The molecule has 2 aromatic carbocycles. The Balaban J connectivity index is 1.56. The van der Waals surface area contributed by atoms with Crippen LogP contribution in [0.15, 0.2) is 72.1 Å². The average Bonchev–Trinajstić information content (AvgIpc) is 3.12. The van der Waals surface area contributed by atoms with Crippen LogP contribution in [0, 0.1) is 0 Å². The predicted octanol–water partition coefficient (Wildman–Crippen LogP) is 3.54. The van der Waals surface area contributed by atoms with E-state index < -0.39 is 0 Å². The number of thioether (sulfide) groups is 1. The Kier molecular flexibility index (Phi) is 6.44. The third-order valence-electron chi connectivity index (χ3n) is 4.02. The normalized spacial score (nSPS) is 10.6. The van der Waals surface area contributed by atoms with Gasteiger partial charge in [-0.25, -0.2) is 4.98 Å². The summed E-state index contributed by atoms with van der Waals surface area (Å²) in [5.41, 5.74) is 2.82. The molecular weight excluding hydrogens is 358 g/mol. The molecule has 1 N–H and O–H groups in total. The molecule has 138 valence electrons. The van der Waals surface area contributed by atoms with Gasteiger partial charge >= 0.3 is 0 Å². The quantitative estimate of drug-likeness (QED) is 0.480. The van der Waals surface area contributed by atoms with Crippen molar-refractivity contribution in [2.75, 3.05) is 5.75 Å². The van der Waals surface area contributed by atoms with Crippen LogP contribution in [0.3, 0.4) is 0 Å². The number of nitrogens with zero attached hydrogens (tertiary/aromatic N) is 2. The summed E-state index contributed by atoms with van der Waals surface area (Å²) in [5, 5.41) is 3.57. The van der Waals surface area contributed by atoms with Crippen LogP contribution in [0.5, 0.6) is 0 Å². The number of rotatable bonds is 8. The third-order valence-corrected chi connectivity index (χ3v) is 5.03. The number of hydrogen-bond donors (Lipinski definition) is 1. The number of benzene rings is 2. The van der Waals surface area contributed by atoms with Gasteiger partial charge in [0.05, 0.1) is 5.75 Å². The van der Waals surface area contributed by atoms with Gasteiger partial charge < -0.3 is 9.88 Å². The van der Waals surface area contributed by atoms with Crippen LogP contribution >= 0.6 is 11.8 Å². The molecule has 0 fully saturated rings. The molecule has 0 saturated carbocycles. The second kappa shape index (κ2) is 9.19. The Labute approximate surface area is 162 Å². The summed E-state index contributed by atoms with van der Waals surface area (Å²) in [7, 11) is 0. The molecule has 0 bridgehead atoms. The first-order valence-electron chi connectivity index (χ1n) is 8.66. The number of nitrogens with one attached hydrogen (secondary N) is 1. The zero-order chi connectivity index (χ0) is 19.1. The van der Waals surface area contributed by atoms with Crippen molar-refractivity contribution in [2.24, 2.45) is 0 Å². The minimum atomic E-state index is -0.0717. The van der Waals surface area contributed by atoms with Crippen LogP contribution in [0.25, 0.3) is 0 Å². The zero-order valence-corrected chi connectivity index (χ0v) is 15.9. The van der Waals surface area contributed by atoms with E-state index >= 15 is 0 Å². The molecule has 0 atom stereocenters. The molecule has 0 aliphatic carbocycles. The summed E-state index contributed by atoms with van der Waals surface area (Å²) in [6.45, 7) is 2.68. The number of aromatic nitrogens is 2. The SMILES string of the molecule is CC(=O)NCc1ccc(C(=O)CSc2nccn2Cc2ccccc2)cc1. The van der Waals surface area contributed by atoms with Gasteiger partial charge in [-0.05, 0) is 11.1 Å². The molecule has 27 heavy (non-hydrogen) atoms. The molecule has 3 aromatic rings. The van der Waals surface area contributed by atoms with Gasteiger partial charge in [-0.1, -0.05) is 66.4 Å². The van der Waals surface area contributed by atoms with Gasteiger partial charge in [0, 0.05) is 38.0 Å². The summed E-state index contributed by atoms with van der Waals surface area (Å²) in [6, 6.07) is 17.5. The first kappa shape index (κ1) is 18.9. The fraction of sp³-hybridized carbons (Fsp3) is 0.190. The molecule has 6 heteroatoms. The van der Waals surface area contributed by atoms with Crippen LogP contribution in [-0.4, -0.2) is 27.0 Å². The van der Waals surface area contributed by atoms with Crippen LogP contribution < -0.4 is 5.32 Å². The van der Waals surface area contributed by atoms with Crippen LogP contribution in [0.2, 0.25) is 0 Å². The Bertz CT molecular complexity index is 905. The number of amides is 1. The highest BCUT2D eigenvalue weighted by molar-refractivity contribution is 7.99. The maximum atomic E-state index is 12.5. The van der Waals surface area contributed by atoms with E-state index in [1.54, 1.807) is 18.3 Å². The van der Waals surface area contributed by atoms with E-state index in [0.29, 0.717) is 17.9 Å². The lowest BCUT2D eigenvalue weighted by atomic mass is 10.1. The number of ketones is 1. The van der Waals surface area contributed by atoms with E-state index in [1.807, 2.05) is 41.1 Å². The molecule has 3 rings (SSSR count). The molecular formula is C21H21N3O2S. The lowest BCUT2D eigenvalue weighted by molar-refractivity contribution is -0.119. The van der Waals surface area contributed by atoms with Gasteiger partial charge in [-0.3, -0.25) is 9.59 Å². The lowest BCUT2D eigenvalue weighted by Gasteiger charge is -2.08. The van der Waals surface area contributed by atoms with Crippen molar-refractivity contribution < 1.29 is 9.59 Å². The van der Waals surface area contributed by atoms with Gasteiger partial charge in [-0.2, -0.15) is 0 Å². The van der Waals surface area contributed by atoms with Crippen molar-refractivity contribution in [1.82, 2.24) is 14.9 Å². The van der Waals surface area contributed by atoms with Crippen LogP contribution in [0.4, 0.5) is 0 Å². The van der Waals surface area contributed by atoms with Crippen molar-refractivity contribution in [1.29, 1.82) is 0 Å². The summed E-state index contributed by atoms with van der Waals surface area (Å²) < 4.78 is 2.05. The third kappa shape index (κ3) is 5.56. The van der Waals surface area contributed by atoms with E-state index in [-0.39, 0.29) is 11.7 Å². The topological polar surface area (TPSA) is 64.0 Å². The Morgan fingerprint density at radius 2 is 1.78 bits per heavy atom. The second-order valence-electron chi connectivity index (χ2n) is 6.14. The monoisotopic (exact) mass is 379 g/mol. The molecule has 1 heterocycles. The molecule has 0 saturated heterocycles. The lowest BCUT2D eigenvalue weighted by Crippen LogP contribution is -2.18. The smallest absolute Gasteiger partial charge is 0.217 e. The van der Waals surface area contributed by atoms with E-state index in [1.165, 1.54) is 24.2 Å². The number of carbonyl (C=O) groups is 2. The number of hydrogen-bond acceptors (Lipinski definition) is 4. The number of Topliss-reactive ketones (excluding diaryl/α,β-unsaturated/α-hetero) is 1. The van der Waals surface area contributed by atoms with Gasteiger partial charge in [0.2, 0.25) is 5.91 Å². The van der Waals surface area contributed by atoms with Crippen LogP contribution in [-0.2, 0) is 17.9 Å². The first-order chi connectivity index (χ1) is 13.1. The van der Waals surface area contributed by atoms with Gasteiger partial charge in [0.15, 0.2) is 10.9 Å². The summed E-state index contributed by atoms with van der Waals surface area (Å²) in [6.07, 6.45) is 3.68. The van der Waals surface area contributed by atoms with E-state index in [0.717, 1.165) is 17.3 Å². The Morgan fingerprint density at radius 3 is 2.48 bits per heavy atom. The van der Waals surface area contributed by atoms with Crippen molar-refractivity contribution in [3.8, 4) is 0 Å². The second-order valence-corrected chi connectivity index (χ2v) is 7.08. The molecule has 0 aliphatic heterocycles. The first-order valence-corrected chi connectivity index (χ1v) is 9.65. The minimum absolute atomic E-state index is 0.0559. The molecule has 1 aromatic heterocycles. The zero-order valence-electron chi connectivity index (χ0n) is 15.1. The van der Waals surface area contributed by atoms with Crippen molar-refractivity contribution >= 4 is 23.5 Å². The van der Waals surface area contributed by atoms with Crippen molar-refractivity contribution in [2.45, 2.75) is 25.2 Å². The van der Waals surface area contributed by atoms with E-state index in [4.69, 9.17) is 0 Å². The summed E-state index contributed by atoms with van der Waals surface area (Å²) in [4.78, 5) is 27.8. The Morgan fingerprint density at radius 1 is 1.04 bits per heavy atom. The highest BCUT2D eigenvalue weighted by Gasteiger charge is 2.10. The predicted molar refractivity (Wildman–Crippen MR) is 107 cm³/mol. The Hall–Kier alpha value is -2.86. The van der Waals surface area contributed by atoms with Gasteiger partial charge in [0.1, 0.15) is 0 Å². The van der Waals surface area contributed by atoms with Gasteiger partial charge in [-0.15, -0.1) is 0 Å². The fourth-order valence-electron chi connectivity index (χ4n) is 2.58. The maximum Gasteiger partial charge on any atom is 0.217 e. The average molecular weight is 379 g/mol. The van der Waals surface area contributed by atoms with E-state index in [9.17, 15) is 9.59 Å². The van der Waals surface area contributed by atoms with Gasteiger partial charge in [0.25, 0.3) is 0 Å².